The maximum absolute atomic E-state index is 11.9. The number of carbonyl (C=O) groups is 2. The number of amides is 1. The number of benzene rings is 2. The van der Waals surface area contributed by atoms with Gasteiger partial charge >= 0.3 is 17.6 Å². The summed E-state index contributed by atoms with van der Waals surface area (Å²) in [6, 6.07) is 12.1. The zero-order valence-corrected chi connectivity index (χ0v) is 23.6. The average molecular weight is 582 g/mol. The molecule has 3 rings (SSSR count). The van der Waals surface area contributed by atoms with E-state index in [0.29, 0.717) is 32.7 Å². The van der Waals surface area contributed by atoms with Crippen molar-refractivity contribution in [2.45, 2.75) is 32.3 Å². The highest BCUT2D eigenvalue weighted by molar-refractivity contribution is 6.31. The van der Waals surface area contributed by atoms with Crippen molar-refractivity contribution in [2.75, 3.05) is 21.3 Å². The number of hydrogen-bond acceptors (Lipinski definition) is 8. The van der Waals surface area contributed by atoms with E-state index in [1.54, 1.807) is 45.4 Å². The van der Waals surface area contributed by atoms with Gasteiger partial charge in [0.15, 0.2) is 5.75 Å². The van der Waals surface area contributed by atoms with E-state index in [9.17, 15) is 14.7 Å². The maximum atomic E-state index is 11.9. The molecule has 0 fully saturated rings. The molecule has 2 aromatic carbocycles. The highest BCUT2D eigenvalue weighted by Gasteiger charge is 2.30. The second kappa shape index (κ2) is 14.3. The van der Waals surface area contributed by atoms with Crippen LogP contribution in [0, 0.1) is 0 Å². The minimum Gasteiger partial charge on any atom is -0.499 e. The number of nitrogens with two attached hydrogens (primary N) is 1. The van der Waals surface area contributed by atoms with E-state index in [1.165, 1.54) is 13.2 Å². The molecule has 4 N–H and O–H groups in total. The van der Waals surface area contributed by atoms with Crippen molar-refractivity contribution < 1.29 is 43.6 Å². The molecule has 1 atom stereocenters. The Balaban J connectivity index is 0.000000344. The summed E-state index contributed by atoms with van der Waals surface area (Å²) >= 11 is 12.2. The first-order valence-corrected chi connectivity index (χ1v) is 12.4. The average Bonchev–Trinajstić information content (AvgIpc) is 2.90. The maximum Gasteiger partial charge on any atom is 0.366 e. The number of aromatic hydroxyl groups is 1. The van der Waals surface area contributed by atoms with Crippen LogP contribution in [-0.2, 0) is 9.53 Å². The van der Waals surface area contributed by atoms with Gasteiger partial charge in [-0.2, -0.15) is 0 Å². The summed E-state index contributed by atoms with van der Waals surface area (Å²) in [5, 5.41) is 19.5. The molecular weight excluding hydrogens is 551 g/mol. The van der Waals surface area contributed by atoms with Crippen LogP contribution in [0.5, 0.6) is 23.0 Å². The van der Waals surface area contributed by atoms with Gasteiger partial charge in [-0.15, -0.1) is 0 Å². The third-order valence-corrected chi connectivity index (χ3v) is 6.11. The number of halogens is 2. The molecule has 0 saturated heterocycles. The SMILES string of the molecule is CCC(=O)OC(C)C(c1ccc(Cl)cc1OC)c1ccc(Cl)cc1OC.COc1cc[n+](O)c(C(N)=O)c1O. The van der Waals surface area contributed by atoms with Gasteiger partial charge in [0.2, 0.25) is 11.9 Å². The lowest BCUT2D eigenvalue weighted by atomic mass is 9.86. The number of ether oxygens (including phenoxy) is 4. The van der Waals surface area contributed by atoms with Crippen LogP contribution in [-0.4, -0.2) is 49.6 Å². The molecular formula is C27H31Cl2N2O8+. The van der Waals surface area contributed by atoms with Crippen LogP contribution in [0.1, 0.15) is 47.8 Å². The summed E-state index contributed by atoms with van der Waals surface area (Å²) in [6.07, 6.45) is 0.984. The minimum atomic E-state index is -0.945. The fourth-order valence-corrected chi connectivity index (χ4v) is 4.15. The first kappa shape index (κ1) is 31.3. The summed E-state index contributed by atoms with van der Waals surface area (Å²) in [5.74, 6) is -0.732. The Morgan fingerprint density at radius 3 is 1.82 bits per heavy atom. The number of pyridine rings is 1. The van der Waals surface area contributed by atoms with Crippen LogP contribution in [0.15, 0.2) is 48.7 Å². The Hall–Kier alpha value is -3.89. The number of primary amides is 1. The van der Waals surface area contributed by atoms with E-state index in [2.05, 4.69) is 0 Å². The van der Waals surface area contributed by atoms with Crippen molar-refractivity contribution in [1.82, 2.24) is 0 Å². The monoisotopic (exact) mass is 581 g/mol. The number of hydrogen-bond donors (Lipinski definition) is 3. The predicted molar refractivity (Wildman–Crippen MR) is 144 cm³/mol. The Morgan fingerprint density at radius 2 is 1.41 bits per heavy atom. The molecule has 0 saturated carbocycles. The van der Waals surface area contributed by atoms with Crippen LogP contribution in [0.4, 0.5) is 0 Å². The molecule has 1 aromatic heterocycles. The van der Waals surface area contributed by atoms with E-state index in [4.69, 9.17) is 53.1 Å². The van der Waals surface area contributed by atoms with Gasteiger partial charge in [0.1, 0.15) is 17.6 Å². The Morgan fingerprint density at radius 1 is 0.923 bits per heavy atom. The van der Waals surface area contributed by atoms with Crippen molar-refractivity contribution >= 4 is 35.1 Å². The zero-order valence-electron chi connectivity index (χ0n) is 22.1. The van der Waals surface area contributed by atoms with Crippen LogP contribution >= 0.6 is 23.2 Å². The molecule has 1 heterocycles. The number of nitrogens with zero attached hydrogens (tertiary/aromatic N) is 1. The highest BCUT2D eigenvalue weighted by atomic mass is 35.5. The molecule has 39 heavy (non-hydrogen) atoms. The Bertz CT molecular complexity index is 1270. The lowest BCUT2D eigenvalue weighted by molar-refractivity contribution is -0.906. The minimum absolute atomic E-state index is 0.0686. The molecule has 1 amide bonds. The van der Waals surface area contributed by atoms with Crippen molar-refractivity contribution in [3.63, 3.8) is 0 Å². The van der Waals surface area contributed by atoms with Crippen LogP contribution in [0.3, 0.4) is 0 Å². The molecule has 0 bridgehead atoms. The van der Waals surface area contributed by atoms with Gasteiger partial charge in [-0.3, -0.25) is 14.8 Å². The summed E-state index contributed by atoms with van der Waals surface area (Å²) in [5.41, 5.74) is 6.17. The third kappa shape index (κ3) is 7.81. The van der Waals surface area contributed by atoms with Crippen LogP contribution < -0.4 is 24.7 Å². The molecule has 3 aromatic rings. The van der Waals surface area contributed by atoms with Gasteiger partial charge in [-0.1, -0.05) is 42.3 Å². The van der Waals surface area contributed by atoms with Gasteiger partial charge in [-0.25, -0.2) is 0 Å². The molecule has 12 heteroatoms. The van der Waals surface area contributed by atoms with Gasteiger partial charge in [-0.05, 0) is 31.2 Å². The Kier molecular flexibility index (Phi) is 11.5. The summed E-state index contributed by atoms with van der Waals surface area (Å²) in [7, 11) is 4.48. The molecule has 10 nitrogen and oxygen atoms in total. The quantitative estimate of drug-likeness (QED) is 0.190. The normalized spacial score (nSPS) is 11.2. The van der Waals surface area contributed by atoms with E-state index >= 15 is 0 Å². The molecule has 0 aliphatic rings. The van der Waals surface area contributed by atoms with E-state index in [-0.39, 0.29) is 17.6 Å². The van der Waals surface area contributed by atoms with E-state index in [1.807, 2.05) is 19.1 Å². The zero-order chi connectivity index (χ0) is 29.3. The van der Waals surface area contributed by atoms with Crippen molar-refractivity contribution in [3.05, 3.63) is 75.5 Å². The van der Waals surface area contributed by atoms with Crippen molar-refractivity contribution in [1.29, 1.82) is 0 Å². The third-order valence-electron chi connectivity index (χ3n) is 5.64. The summed E-state index contributed by atoms with van der Waals surface area (Å²) in [4.78, 5) is 22.6. The largest absolute Gasteiger partial charge is 0.499 e. The van der Waals surface area contributed by atoms with Crippen LogP contribution in [0.2, 0.25) is 10.0 Å². The number of methoxy groups -OCH3 is 3. The topological polar surface area (TPSA) is 141 Å². The molecule has 1 unspecified atom stereocenters. The van der Waals surface area contributed by atoms with Crippen molar-refractivity contribution in [2.24, 2.45) is 5.73 Å². The fraction of sp³-hybridized carbons (Fsp3) is 0.296. The number of aromatic nitrogens is 1. The standard InChI is InChI=1S/C20H22Cl2O4.C7H8N2O4/c1-5-19(23)26-12(2)20(15-8-6-13(21)10-17(15)24-3)16-9-7-14(22)11-18(16)25-4;1-13-4-2-3-9(12)5(6(4)10)7(8)11/h6-12,20H,5H2,1-4H3;2-3H,1H3,(H3-,8,10,11,12)/p+1. The molecule has 210 valence electrons. The van der Waals surface area contributed by atoms with Gasteiger partial charge in [0.25, 0.3) is 0 Å². The molecule has 0 aliphatic heterocycles. The van der Waals surface area contributed by atoms with Gasteiger partial charge < -0.3 is 29.8 Å². The fourth-order valence-electron chi connectivity index (χ4n) is 3.83. The lowest BCUT2D eigenvalue weighted by Crippen LogP contribution is -2.39. The second-order valence-corrected chi connectivity index (χ2v) is 8.96. The van der Waals surface area contributed by atoms with E-state index in [0.717, 1.165) is 17.3 Å². The molecule has 0 spiro atoms. The number of carbonyl (C=O) groups excluding carboxylic acids is 2. The van der Waals surface area contributed by atoms with E-state index < -0.39 is 23.5 Å². The predicted octanol–water partition coefficient (Wildman–Crippen LogP) is 4.51. The summed E-state index contributed by atoms with van der Waals surface area (Å²) < 4.78 is 21.8. The lowest BCUT2D eigenvalue weighted by Gasteiger charge is -2.28. The van der Waals surface area contributed by atoms with Gasteiger partial charge in [0.05, 0.1) is 33.3 Å². The molecule has 0 aliphatic carbocycles. The van der Waals surface area contributed by atoms with Gasteiger partial charge in [0, 0.05) is 32.3 Å². The number of esters is 1. The second-order valence-electron chi connectivity index (χ2n) is 8.09. The molecule has 0 radical (unpaired) electrons. The summed E-state index contributed by atoms with van der Waals surface area (Å²) in [6.45, 7) is 3.61. The Labute approximate surface area is 236 Å². The first-order valence-electron chi connectivity index (χ1n) is 11.7. The van der Waals surface area contributed by atoms with Crippen LogP contribution in [0.25, 0.3) is 0 Å². The highest BCUT2D eigenvalue weighted by Crippen LogP contribution is 2.41. The van der Waals surface area contributed by atoms with Crippen molar-refractivity contribution in [3.8, 4) is 23.0 Å². The first-order chi connectivity index (χ1) is 18.5. The smallest absolute Gasteiger partial charge is 0.366 e. The number of rotatable bonds is 9.